The quantitative estimate of drug-likeness (QED) is 0.233. The largest absolute Gasteiger partial charge is 1.00 e. The maximum Gasteiger partial charge on any atom is 1.00 e. The summed E-state index contributed by atoms with van der Waals surface area (Å²) in [6.07, 6.45) is 4.75. The molecule has 1 N–H and O–H groups in total. The number of hydrogen-bond donors (Lipinski definition) is 1. The van der Waals surface area contributed by atoms with Crippen LogP contribution in [0.25, 0.3) is 0 Å². The molecule has 0 aliphatic carbocycles. The van der Waals surface area contributed by atoms with Crippen molar-refractivity contribution in [2.24, 2.45) is 5.92 Å². The molecule has 0 rings (SSSR count). The smallest absolute Gasteiger partial charge is 0.759 e. The zero-order chi connectivity index (χ0) is 11.6. The molecule has 0 atom stereocenters. The van der Waals surface area contributed by atoms with Crippen LogP contribution in [0.15, 0.2) is 0 Å². The summed E-state index contributed by atoms with van der Waals surface area (Å²) >= 11 is 0. The van der Waals surface area contributed by atoms with Gasteiger partial charge in [0.1, 0.15) is 0 Å². The Morgan fingerprint density at radius 1 is 1.06 bits per heavy atom. The number of aliphatic hydroxyl groups is 1. The van der Waals surface area contributed by atoms with E-state index in [1.165, 1.54) is 19.3 Å². The van der Waals surface area contributed by atoms with Gasteiger partial charge in [-0.1, -0.05) is 33.1 Å². The average Bonchev–Trinajstić information content (AvgIpc) is 1.94. The fourth-order valence-corrected chi connectivity index (χ4v) is 0.841. The predicted octanol–water partition coefficient (Wildman–Crippen LogP) is -5.13. The Morgan fingerprint density at radius 3 is 1.69 bits per heavy atom. The SMILES string of the molecule is CC(C)CCCCCO.O=S(=O)([O-])[O-].[Na+].[Na+]. The van der Waals surface area contributed by atoms with Crippen LogP contribution < -0.4 is 59.1 Å². The first-order valence-electron chi connectivity index (χ1n) is 4.55. The van der Waals surface area contributed by atoms with Crippen molar-refractivity contribution in [3.05, 3.63) is 0 Å². The second kappa shape index (κ2) is 16.8. The van der Waals surface area contributed by atoms with Crippen molar-refractivity contribution in [3.63, 3.8) is 0 Å². The van der Waals surface area contributed by atoms with Gasteiger partial charge < -0.3 is 14.2 Å². The monoisotopic (exact) mass is 272 g/mol. The molecule has 0 radical (unpaired) electrons. The molecule has 0 bridgehead atoms. The molecule has 0 aromatic rings. The second-order valence-corrected chi connectivity index (χ2v) is 4.19. The molecule has 0 saturated carbocycles. The number of unbranched alkanes of at least 4 members (excludes halogenated alkanes) is 2. The summed E-state index contributed by atoms with van der Waals surface area (Å²) in [4.78, 5) is 0. The molecule has 0 amide bonds. The second-order valence-electron chi connectivity index (χ2n) is 3.38. The molecule has 0 spiro atoms. The van der Waals surface area contributed by atoms with Crippen molar-refractivity contribution in [3.8, 4) is 0 Å². The third-order valence-corrected chi connectivity index (χ3v) is 1.44. The van der Waals surface area contributed by atoms with E-state index < -0.39 is 10.4 Å². The Morgan fingerprint density at radius 2 is 1.44 bits per heavy atom. The van der Waals surface area contributed by atoms with E-state index in [1.54, 1.807) is 0 Å². The van der Waals surface area contributed by atoms with Crippen molar-refractivity contribution in [2.45, 2.75) is 39.5 Å². The maximum absolute atomic E-state index is 8.52. The predicted molar refractivity (Wildman–Crippen MR) is 50.9 cm³/mol. The van der Waals surface area contributed by atoms with E-state index in [2.05, 4.69) is 13.8 Å². The van der Waals surface area contributed by atoms with E-state index in [4.69, 9.17) is 22.6 Å². The zero-order valence-electron chi connectivity index (χ0n) is 10.6. The van der Waals surface area contributed by atoms with E-state index in [1.807, 2.05) is 0 Å². The molecule has 0 aliphatic rings. The first kappa shape index (κ1) is 26.4. The normalized spacial score (nSPS) is 9.62. The minimum atomic E-state index is -5.17. The Balaban J connectivity index is -0.0000000904. The molecule has 16 heavy (non-hydrogen) atoms. The van der Waals surface area contributed by atoms with Crippen LogP contribution in [0, 0.1) is 5.92 Å². The molecule has 0 aliphatic heterocycles. The first-order valence-corrected chi connectivity index (χ1v) is 5.88. The van der Waals surface area contributed by atoms with Gasteiger partial charge in [0, 0.05) is 17.0 Å². The van der Waals surface area contributed by atoms with Gasteiger partial charge in [0.2, 0.25) is 0 Å². The van der Waals surface area contributed by atoms with Crippen molar-refractivity contribution >= 4 is 10.4 Å². The Kier molecular flexibility index (Phi) is 27.8. The summed E-state index contributed by atoms with van der Waals surface area (Å²) in [6, 6.07) is 0. The maximum atomic E-state index is 8.52. The van der Waals surface area contributed by atoms with Gasteiger partial charge >= 0.3 is 59.1 Å². The summed E-state index contributed by atoms with van der Waals surface area (Å²) in [5, 5.41) is 8.43. The van der Waals surface area contributed by atoms with E-state index in [0.717, 1.165) is 12.3 Å². The number of aliphatic hydroxyl groups excluding tert-OH is 1. The third kappa shape index (κ3) is 56.8. The van der Waals surface area contributed by atoms with Crippen LogP contribution in [-0.4, -0.2) is 29.2 Å². The number of hydrogen-bond acceptors (Lipinski definition) is 5. The van der Waals surface area contributed by atoms with Gasteiger partial charge in [-0.05, 0) is 12.3 Å². The fourth-order valence-electron chi connectivity index (χ4n) is 0.841. The Bertz CT molecular complexity index is 198. The molecular formula is C8H18Na2O5S. The summed E-state index contributed by atoms with van der Waals surface area (Å²) < 4.78 is 34.1. The van der Waals surface area contributed by atoms with Crippen LogP contribution in [0.4, 0.5) is 0 Å². The van der Waals surface area contributed by atoms with Crippen LogP contribution in [0.1, 0.15) is 39.5 Å². The van der Waals surface area contributed by atoms with Gasteiger partial charge in [-0.15, -0.1) is 0 Å². The molecular weight excluding hydrogens is 254 g/mol. The standard InChI is InChI=1S/C8H18O.2Na.H2O4S/c1-8(2)6-4-3-5-7-9;;;1-5(2,3)4/h8-9H,3-7H2,1-2H3;;;(H2,1,2,3,4)/q;2*+1;/p-2. The average molecular weight is 272 g/mol. The van der Waals surface area contributed by atoms with Gasteiger partial charge in [-0.25, -0.2) is 0 Å². The molecule has 8 heteroatoms. The topological polar surface area (TPSA) is 100 Å². The van der Waals surface area contributed by atoms with E-state index >= 15 is 0 Å². The summed E-state index contributed by atoms with van der Waals surface area (Å²) in [7, 11) is -5.17. The van der Waals surface area contributed by atoms with Crippen molar-refractivity contribution < 1.29 is 81.7 Å². The Hall–Kier alpha value is 1.83. The van der Waals surface area contributed by atoms with E-state index in [-0.39, 0.29) is 59.1 Å². The summed E-state index contributed by atoms with van der Waals surface area (Å²) in [5.74, 6) is 0.823. The van der Waals surface area contributed by atoms with Crippen LogP contribution >= 0.6 is 0 Å². The van der Waals surface area contributed by atoms with Gasteiger partial charge in [0.25, 0.3) is 0 Å². The van der Waals surface area contributed by atoms with Crippen LogP contribution in [0.2, 0.25) is 0 Å². The van der Waals surface area contributed by atoms with Crippen LogP contribution in [0.3, 0.4) is 0 Å². The van der Waals surface area contributed by atoms with Gasteiger partial charge in [0.15, 0.2) is 0 Å². The van der Waals surface area contributed by atoms with Crippen LogP contribution in [-0.2, 0) is 10.4 Å². The van der Waals surface area contributed by atoms with Crippen molar-refractivity contribution in [1.82, 2.24) is 0 Å². The summed E-state index contributed by atoms with van der Waals surface area (Å²) in [5.41, 5.74) is 0. The van der Waals surface area contributed by atoms with Gasteiger partial charge in [0.05, 0.1) is 0 Å². The molecule has 0 heterocycles. The first-order chi connectivity index (χ1) is 6.27. The van der Waals surface area contributed by atoms with Gasteiger partial charge in [-0.3, -0.25) is 8.42 Å². The molecule has 0 fully saturated rings. The minimum Gasteiger partial charge on any atom is -0.759 e. The molecule has 0 aromatic carbocycles. The minimum absolute atomic E-state index is 0. The van der Waals surface area contributed by atoms with Crippen molar-refractivity contribution in [1.29, 1.82) is 0 Å². The van der Waals surface area contributed by atoms with E-state index in [0.29, 0.717) is 6.61 Å². The molecule has 0 aromatic heterocycles. The number of rotatable bonds is 5. The molecule has 0 saturated heterocycles. The van der Waals surface area contributed by atoms with Crippen molar-refractivity contribution in [2.75, 3.05) is 6.61 Å². The van der Waals surface area contributed by atoms with Crippen LogP contribution in [0.5, 0.6) is 0 Å². The zero-order valence-corrected chi connectivity index (χ0v) is 15.4. The fraction of sp³-hybridized carbons (Fsp3) is 1.00. The molecule has 0 unspecified atom stereocenters. The Labute approximate surface area is 143 Å². The molecule has 5 nitrogen and oxygen atoms in total. The van der Waals surface area contributed by atoms with E-state index in [9.17, 15) is 0 Å². The van der Waals surface area contributed by atoms with Gasteiger partial charge in [-0.2, -0.15) is 0 Å². The third-order valence-electron chi connectivity index (χ3n) is 1.44. The molecule has 88 valence electrons. The summed E-state index contributed by atoms with van der Waals surface area (Å²) in [6.45, 7) is 4.83.